The van der Waals surface area contributed by atoms with Gasteiger partial charge in [-0.3, -0.25) is 0 Å². The van der Waals surface area contributed by atoms with Crippen molar-refractivity contribution in [3.8, 4) is 39.8 Å². The average molecular weight is 756 g/mol. The fraction of sp³-hybridized carbons (Fsp3) is 0.189. The number of nitrogens with zero attached hydrogens (tertiary/aromatic N) is 6. The van der Waals surface area contributed by atoms with E-state index in [0.29, 0.717) is 39.5 Å². The molecule has 0 spiro atoms. The lowest BCUT2D eigenvalue weighted by Crippen LogP contribution is -2.31. The van der Waals surface area contributed by atoms with Crippen LogP contribution in [-0.4, -0.2) is 67.7 Å². The minimum Gasteiger partial charge on any atom is -0.497 e. The van der Waals surface area contributed by atoms with Crippen molar-refractivity contribution in [3.05, 3.63) is 126 Å². The molecular weight excluding hydrogens is 719 g/mol. The number of benzene rings is 4. The van der Waals surface area contributed by atoms with E-state index < -0.39 is 26.5 Å². The van der Waals surface area contributed by atoms with Crippen LogP contribution in [0.25, 0.3) is 22.5 Å². The van der Waals surface area contributed by atoms with E-state index in [9.17, 15) is 8.42 Å². The van der Waals surface area contributed by atoms with E-state index in [2.05, 4.69) is 20.4 Å². The molecule has 0 aliphatic rings. The molecule has 2 heterocycles. The normalized spacial score (nSPS) is 11.6. The van der Waals surface area contributed by atoms with E-state index in [-0.39, 0.29) is 47.3 Å². The molecule has 0 unspecified atom stereocenters. The van der Waals surface area contributed by atoms with Crippen LogP contribution in [0.1, 0.15) is 22.3 Å². The Bertz CT molecular complexity index is 2310. The highest BCUT2D eigenvalue weighted by atomic mass is 32.2. The zero-order chi connectivity index (χ0) is 37.5. The molecule has 0 aliphatic carbocycles. The molecule has 0 saturated carbocycles. The molecule has 4 aromatic carbocycles. The molecule has 2 N–H and O–H groups in total. The first-order valence-corrected chi connectivity index (χ1v) is 19.0. The third-order valence-corrected chi connectivity index (χ3v) is 10.9. The Balaban J connectivity index is 1.55. The van der Waals surface area contributed by atoms with Gasteiger partial charge in [0, 0.05) is 24.8 Å². The number of tetrazole rings is 1. The Morgan fingerprint density at radius 1 is 0.736 bits per heavy atom. The third kappa shape index (κ3) is 8.63. The molecule has 0 aliphatic heterocycles. The maximum atomic E-state index is 15.3. The Morgan fingerprint density at radius 3 is 1.77 bits per heavy atom. The van der Waals surface area contributed by atoms with Gasteiger partial charge in [0.1, 0.15) is 33.8 Å². The topological polar surface area (TPSA) is 182 Å². The highest BCUT2D eigenvalue weighted by Crippen LogP contribution is 2.40. The van der Waals surface area contributed by atoms with E-state index >= 15 is 8.42 Å². The van der Waals surface area contributed by atoms with E-state index in [1.807, 2.05) is 12.1 Å². The minimum absolute atomic E-state index is 0.0271. The SMILES string of the molecule is COc1ccc(CN(Cc2ccc(OC)cc2)S(=O)(=O)c2c(C[SH](=O)=O)ccc(-c3ccc(N)nc3)c2-c2nnn(Cc3ccc(OC)cc3)n2)cc1. The largest absolute Gasteiger partial charge is 0.497 e. The van der Waals surface area contributed by atoms with Gasteiger partial charge in [-0.2, -0.15) is 9.10 Å². The van der Waals surface area contributed by atoms with Crippen molar-refractivity contribution in [2.45, 2.75) is 30.3 Å². The van der Waals surface area contributed by atoms with Crippen LogP contribution >= 0.6 is 0 Å². The molecule has 0 amide bonds. The van der Waals surface area contributed by atoms with Crippen LogP contribution in [0.5, 0.6) is 17.2 Å². The number of aromatic nitrogens is 5. The van der Waals surface area contributed by atoms with Gasteiger partial charge in [0.25, 0.3) is 0 Å². The molecule has 274 valence electrons. The smallest absolute Gasteiger partial charge is 0.244 e. The van der Waals surface area contributed by atoms with Crippen molar-refractivity contribution in [1.29, 1.82) is 0 Å². The summed E-state index contributed by atoms with van der Waals surface area (Å²) in [7, 11) is -2.95. The van der Waals surface area contributed by atoms with Crippen LogP contribution in [0.15, 0.2) is 108 Å². The van der Waals surface area contributed by atoms with Gasteiger partial charge < -0.3 is 19.9 Å². The summed E-state index contributed by atoms with van der Waals surface area (Å²) < 4.78 is 72.5. The standard InChI is InChI=1S/C37H37N7O7S2/c1-49-30-12-4-25(5-13-30)21-43(22-26-6-14-31(50-2)15-7-26)53(47,48)36-29(24-52(45)46)10-18-33(28-11-19-34(38)39-20-28)35(36)37-40-42-44(41-37)23-27-8-16-32(51-3)17-9-27/h4-20,52H,21-24H2,1-3H3,(H2,38,39). The van der Waals surface area contributed by atoms with Crippen molar-refractivity contribution >= 4 is 26.5 Å². The molecule has 6 aromatic rings. The minimum atomic E-state index is -4.55. The van der Waals surface area contributed by atoms with Gasteiger partial charge in [-0.15, -0.1) is 10.2 Å². The first kappa shape index (κ1) is 36.9. The van der Waals surface area contributed by atoms with Crippen LogP contribution in [0, 0.1) is 0 Å². The number of thiol groups is 1. The van der Waals surface area contributed by atoms with Crippen LogP contribution in [-0.2, 0) is 46.1 Å². The average Bonchev–Trinajstić information content (AvgIpc) is 3.63. The predicted molar refractivity (Wildman–Crippen MR) is 199 cm³/mol. The van der Waals surface area contributed by atoms with Gasteiger partial charge >= 0.3 is 0 Å². The number of nitrogens with two attached hydrogens (primary N) is 1. The number of nitrogen functional groups attached to an aromatic ring is 1. The van der Waals surface area contributed by atoms with Crippen molar-refractivity contribution in [2.75, 3.05) is 27.1 Å². The Morgan fingerprint density at radius 2 is 1.28 bits per heavy atom. The molecule has 16 heteroatoms. The summed E-state index contributed by atoms with van der Waals surface area (Å²) in [6, 6.07) is 27.8. The summed E-state index contributed by atoms with van der Waals surface area (Å²) in [5, 5.41) is 13.2. The van der Waals surface area contributed by atoms with Crippen molar-refractivity contribution in [1.82, 2.24) is 29.5 Å². The molecule has 2 aromatic heterocycles. The Labute approximate surface area is 308 Å². The molecular formula is C37H37N7O7S2. The predicted octanol–water partition coefficient (Wildman–Crippen LogP) is 4.56. The Hall–Kier alpha value is -5.84. The summed E-state index contributed by atoms with van der Waals surface area (Å²) in [5.41, 5.74) is 9.10. The van der Waals surface area contributed by atoms with Crippen LogP contribution in [0.4, 0.5) is 5.82 Å². The lowest BCUT2D eigenvalue weighted by atomic mass is 9.98. The van der Waals surface area contributed by atoms with E-state index in [0.717, 1.165) is 5.56 Å². The molecule has 0 radical (unpaired) electrons. The molecule has 0 fully saturated rings. The fourth-order valence-electron chi connectivity index (χ4n) is 5.74. The summed E-state index contributed by atoms with van der Waals surface area (Å²) in [6.07, 6.45) is 1.51. The molecule has 6 rings (SSSR count). The maximum Gasteiger partial charge on any atom is 0.244 e. The number of ether oxygens (including phenoxy) is 3. The van der Waals surface area contributed by atoms with E-state index in [1.165, 1.54) is 21.4 Å². The summed E-state index contributed by atoms with van der Waals surface area (Å²) in [4.78, 5) is 5.30. The first-order chi connectivity index (χ1) is 25.6. The van der Waals surface area contributed by atoms with Gasteiger partial charge in [-0.25, -0.2) is 21.8 Å². The number of rotatable bonds is 15. The van der Waals surface area contributed by atoms with Crippen molar-refractivity contribution in [3.63, 3.8) is 0 Å². The number of pyridine rings is 1. The van der Waals surface area contributed by atoms with Crippen molar-refractivity contribution in [2.24, 2.45) is 0 Å². The molecule has 0 saturated heterocycles. The zero-order valence-electron chi connectivity index (χ0n) is 29.1. The lowest BCUT2D eigenvalue weighted by molar-refractivity contribution is 0.397. The van der Waals surface area contributed by atoms with Crippen LogP contribution < -0.4 is 19.9 Å². The van der Waals surface area contributed by atoms with Crippen LogP contribution in [0.3, 0.4) is 0 Å². The maximum absolute atomic E-state index is 15.3. The number of hydrogen-bond acceptors (Lipinski definition) is 12. The Kier molecular flexibility index (Phi) is 11.3. The quantitative estimate of drug-likeness (QED) is 0.140. The molecule has 53 heavy (non-hydrogen) atoms. The number of hydrogen-bond donors (Lipinski definition) is 2. The van der Waals surface area contributed by atoms with Gasteiger partial charge in [-0.05, 0) is 81.6 Å². The molecule has 0 atom stereocenters. The van der Waals surface area contributed by atoms with E-state index in [4.69, 9.17) is 19.9 Å². The zero-order valence-corrected chi connectivity index (χ0v) is 30.8. The monoisotopic (exact) mass is 755 g/mol. The number of methoxy groups -OCH3 is 3. The molecule has 14 nitrogen and oxygen atoms in total. The van der Waals surface area contributed by atoms with Gasteiger partial charge in [0.2, 0.25) is 15.8 Å². The summed E-state index contributed by atoms with van der Waals surface area (Å²) >= 11 is 0. The number of sulfonamides is 1. The third-order valence-electron chi connectivity index (χ3n) is 8.43. The molecule has 0 bridgehead atoms. The van der Waals surface area contributed by atoms with Gasteiger partial charge in [-0.1, -0.05) is 48.5 Å². The van der Waals surface area contributed by atoms with Gasteiger partial charge in [0.15, 0.2) is 0 Å². The van der Waals surface area contributed by atoms with Gasteiger partial charge in [0.05, 0.1) is 44.1 Å². The fourth-order valence-corrected chi connectivity index (χ4v) is 8.22. The van der Waals surface area contributed by atoms with E-state index in [1.54, 1.807) is 100 Å². The summed E-state index contributed by atoms with van der Waals surface area (Å²) in [6.45, 7) is 0.0863. The highest BCUT2D eigenvalue weighted by Gasteiger charge is 2.34. The first-order valence-electron chi connectivity index (χ1n) is 16.2. The highest BCUT2D eigenvalue weighted by molar-refractivity contribution is 7.89. The van der Waals surface area contributed by atoms with Crippen LogP contribution in [0.2, 0.25) is 0 Å². The second-order valence-corrected chi connectivity index (χ2v) is 14.8. The number of anilines is 1. The second-order valence-electron chi connectivity index (χ2n) is 11.9. The summed E-state index contributed by atoms with van der Waals surface area (Å²) in [5.74, 6) is 1.57. The lowest BCUT2D eigenvalue weighted by Gasteiger charge is -2.26. The van der Waals surface area contributed by atoms with Crippen molar-refractivity contribution < 1.29 is 31.0 Å². The second kappa shape index (κ2) is 16.2.